The second-order valence-corrected chi connectivity index (χ2v) is 9.56. The third-order valence-corrected chi connectivity index (χ3v) is 7.34. The second kappa shape index (κ2) is 8.33. The van der Waals surface area contributed by atoms with Gasteiger partial charge in [-0.15, -0.1) is 0 Å². The van der Waals surface area contributed by atoms with Crippen LogP contribution in [-0.2, 0) is 34.0 Å². The summed E-state index contributed by atoms with van der Waals surface area (Å²) >= 11 is 0. The molecule has 2 aromatic carbocycles. The molecule has 4 rings (SSSR count). The SMILES string of the molecule is O=C(CCC1CCc2nccn2C1)Cc1ccc(S(=O)(=O)c2ccccc2)cc1. The van der Waals surface area contributed by atoms with Gasteiger partial charge in [-0.1, -0.05) is 30.3 Å². The highest BCUT2D eigenvalue weighted by Crippen LogP contribution is 2.24. The van der Waals surface area contributed by atoms with Crippen LogP contribution in [0.1, 0.15) is 30.7 Å². The van der Waals surface area contributed by atoms with E-state index in [2.05, 4.69) is 9.55 Å². The molecule has 0 bridgehead atoms. The molecule has 0 saturated heterocycles. The topological polar surface area (TPSA) is 69.0 Å². The van der Waals surface area contributed by atoms with Crippen molar-refractivity contribution in [1.29, 1.82) is 0 Å². The maximum Gasteiger partial charge on any atom is 0.206 e. The summed E-state index contributed by atoms with van der Waals surface area (Å²) in [6, 6.07) is 15.0. The number of benzene rings is 2. The molecule has 0 N–H and O–H groups in total. The Hall–Kier alpha value is -2.73. The van der Waals surface area contributed by atoms with Crippen LogP contribution in [0.4, 0.5) is 0 Å². The molecule has 5 nitrogen and oxygen atoms in total. The van der Waals surface area contributed by atoms with Crippen molar-refractivity contribution in [2.75, 3.05) is 0 Å². The van der Waals surface area contributed by atoms with E-state index in [1.54, 1.807) is 54.6 Å². The first-order valence-electron chi connectivity index (χ1n) is 9.93. The molecule has 1 unspecified atom stereocenters. The van der Waals surface area contributed by atoms with E-state index in [0.29, 0.717) is 18.8 Å². The monoisotopic (exact) mass is 408 g/mol. The number of carbonyl (C=O) groups excluding carboxylic acids is 1. The molecule has 1 aliphatic heterocycles. The Balaban J connectivity index is 1.32. The lowest BCUT2D eigenvalue weighted by Gasteiger charge is -2.23. The largest absolute Gasteiger partial charge is 0.335 e. The maximum atomic E-state index is 12.6. The fourth-order valence-electron chi connectivity index (χ4n) is 3.88. The van der Waals surface area contributed by atoms with Crippen molar-refractivity contribution in [3.05, 3.63) is 78.4 Å². The highest BCUT2D eigenvalue weighted by Gasteiger charge is 2.20. The lowest BCUT2D eigenvalue weighted by Crippen LogP contribution is -2.20. The summed E-state index contributed by atoms with van der Waals surface area (Å²) in [5, 5.41) is 0. The molecule has 0 radical (unpaired) electrons. The van der Waals surface area contributed by atoms with Crippen LogP contribution in [0.25, 0.3) is 0 Å². The summed E-state index contributed by atoms with van der Waals surface area (Å²) in [5.41, 5.74) is 0.850. The molecule has 0 amide bonds. The zero-order valence-electron chi connectivity index (χ0n) is 16.2. The van der Waals surface area contributed by atoms with Crippen molar-refractivity contribution in [2.24, 2.45) is 5.92 Å². The van der Waals surface area contributed by atoms with Crippen LogP contribution < -0.4 is 0 Å². The van der Waals surface area contributed by atoms with Crippen LogP contribution in [0.2, 0.25) is 0 Å². The number of hydrogen-bond acceptors (Lipinski definition) is 4. The number of carbonyl (C=O) groups is 1. The first kappa shape index (κ1) is 19.6. The lowest BCUT2D eigenvalue weighted by atomic mass is 9.92. The van der Waals surface area contributed by atoms with Crippen molar-refractivity contribution in [3.63, 3.8) is 0 Å². The van der Waals surface area contributed by atoms with Gasteiger partial charge in [-0.3, -0.25) is 4.79 Å². The minimum atomic E-state index is -3.52. The Bertz CT molecular complexity index is 1090. The molecule has 1 aromatic heterocycles. The van der Waals surface area contributed by atoms with Gasteiger partial charge in [0, 0.05) is 38.2 Å². The van der Waals surface area contributed by atoms with Crippen LogP contribution in [0.15, 0.2) is 76.8 Å². The van der Waals surface area contributed by atoms with Crippen molar-refractivity contribution < 1.29 is 13.2 Å². The van der Waals surface area contributed by atoms with Crippen molar-refractivity contribution in [3.8, 4) is 0 Å². The predicted octanol–water partition coefficient (Wildman–Crippen LogP) is 3.87. The summed E-state index contributed by atoms with van der Waals surface area (Å²) < 4.78 is 27.5. The molecular weight excluding hydrogens is 384 g/mol. The molecule has 0 saturated carbocycles. The third kappa shape index (κ3) is 4.48. The zero-order valence-corrected chi connectivity index (χ0v) is 17.0. The van der Waals surface area contributed by atoms with Gasteiger partial charge in [-0.2, -0.15) is 0 Å². The number of ketones is 1. The smallest absolute Gasteiger partial charge is 0.206 e. The summed E-state index contributed by atoms with van der Waals surface area (Å²) in [4.78, 5) is 17.3. The van der Waals surface area contributed by atoms with Gasteiger partial charge in [0.2, 0.25) is 9.84 Å². The first-order valence-corrected chi connectivity index (χ1v) is 11.4. The van der Waals surface area contributed by atoms with Gasteiger partial charge in [-0.05, 0) is 48.6 Å². The molecule has 0 aliphatic carbocycles. The maximum absolute atomic E-state index is 12.6. The van der Waals surface area contributed by atoms with E-state index in [4.69, 9.17) is 0 Å². The predicted molar refractivity (Wildman–Crippen MR) is 110 cm³/mol. The van der Waals surface area contributed by atoms with E-state index in [9.17, 15) is 13.2 Å². The van der Waals surface area contributed by atoms with Gasteiger partial charge in [0.15, 0.2) is 0 Å². The van der Waals surface area contributed by atoms with Crippen LogP contribution in [0, 0.1) is 5.92 Å². The fraction of sp³-hybridized carbons (Fsp3) is 0.304. The van der Waals surface area contributed by atoms with Crippen LogP contribution in [0.5, 0.6) is 0 Å². The third-order valence-electron chi connectivity index (χ3n) is 5.55. The quantitative estimate of drug-likeness (QED) is 0.595. The Labute approximate surface area is 171 Å². The highest BCUT2D eigenvalue weighted by atomic mass is 32.2. The van der Waals surface area contributed by atoms with Crippen molar-refractivity contribution in [1.82, 2.24) is 9.55 Å². The highest BCUT2D eigenvalue weighted by molar-refractivity contribution is 7.91. The molecule has 1 atom stereocenters. The fourth-order valence-corrected chi connectivity index (χ4v) is 5.16. The number of aromatic nitrogens is 2. The van der Waals surface area contributed by atoms with E-state index in [1.165, 1.54) is 0 Å². The molecule has 29 heavy (non-hydrogen) atoms. The molecule has 0 fully saturated rings. The van der Waals surface area contributed by atoms with Crippen molar-refractivity contribution in [2.45, 2.75) is 48.4 Å². The van der Waals surface area contributed by atoms with Gasteiger partial charge < -0.3 is 4.57 Å². The van der Waals surface area contributed by atoms with Gasteiger partial charge in [-0.25, -0.2) is 13.4 Å². The normalized spacial score (nSPS) is 16.3. The Morgan fingerprint density at radius 1 is 1.03 bits per heavy atom. The zero-order chi connectivity index (χ0) is 20.3. The molecule has 0 spiro atoms. The van der Waals surface area contributed by atoms with Crippen molar-refractivity contribution >= 4 is 15.6 Å². The minimum absolute atomic E-state index is 0.195. The number of nitrogens with zero attached hydrogens (tertiary/aromatic N) is 2. The minimum Gasteiger partial charge on any atom is -0.335 e. The number of aryl methyl sites for hydroxylation is 1. The van der Waals surface area contributed by atoms with E-state index in [0.717, 1.165) is 37.2 Å². The number of hydrogen-bond donors (Lipinski definition) is 0. The molecule has 3 aromatic rings. The Kier molecular flexibility index (Phi) is 5.62. The first-order chi connectivity index (χ1) is 14.0. The summed E-state index contributed by atoms with van der Waals surface area (Å²) in [5.74, 6) is 1.84. The average Bonchev–Trinajstić information content (AvgIpc) is 3.21. The van der Waals surface area contributed by atoms with Gasteiger partial charge in [0.1, 0.15) is 11.6 Å². The van der Waals surface area contributed by atoms with Crippen LogP contribution in [-0.4, -0.2) is 23.8 Å². The Morgan fingerprint density at radius 2 is 1.76 bits per heavy atom. The van der Waals surface area contributed by atoms with E-state index >= 15 is 0 Å². The summed E-state index contributed by atoms with van der Waals surface area (Å²) in [6.07, 6.45) is 7.68. The molecular formula is C23H24N2O3S. The van der Waals surface area contributed by atoms with Crippen LogP contribution in [0.3, 0.4) is 0 Å². The number of sulfone groups is 1. The number of imidazole rings is 1. The molecule has 150 valence electrons. The van der Waals surface area contributed by atoms with Crippen LogP contribution >= 0.6 is 0 Å². The molecule has 1 aliphatic rings. The number of rotatable bonds is 7. The standard InChI is InChI=1S/C23H24N2O3S/c26-20(10-6-19-9-13-23-24-14-15-25(23)17-19)16-18-7-11-22(12-8-18)29(27,28)21-4-2-1-3-5-21/h1-5,7-8,11-12,14-15,19H,6,9-10,13,16-17H2. The summed E-state index contributed by atoms with van der Waals surface area (Å²) in [6.45, 7) is 0.939. The molecule has 6 heteroatoms. The summed E-state index contributed by atoms with van der Waals surface area (Å²) in [7, 11) is -3.52. The molecule has 2 heterocycles. The van der Waals surface area contributed by atoms with E-state index in [1.807, 2.05) is 12.4 Å². The van der Waals surface area contributed by atoms with Gasteiger partial charge in [0.05, 0.1) is 9.79 Å². The van der Waals surface area contributed by atoms with E-state index < -0.39 is 9.84 Å². The average molecular weight is 409 g/mol. The van der Waals surface area contributed by atoms with Gasteiger partial charge in [0.25, 0.3) is 0 Å². The lowest BCUT2D eigenvalue weighted by molar-refractivity contribution is -0.118. The number of fused-ring (bicyclic) bond motifs is 1. The number of Topliss-reactive ketones (excluding diaryl/α,β-unsaturated/α-hetero) is 1. The van der Waals surface area contributed by atoms with E-state index in [-0.39, 0.29) is 15.6 Å². The second-order valence-electron chi connectivity index (χ2n) is 7.62. The Morgan fingerprint density at radius 3 is 2.52 bits per heavy atom. The van der Waals surface area contributed by atoms with Gasteiger partial charge >= 0.3 is 0 Å².